The lowest BCUT2D eigenvalue weighted by atomic mass is 9.95. The Morgan fingerprint density at radius 1 is 1.28 bits per heavy atom. The topological polar surface area (TPSA) is 55.8 Å². The Balaban J connectivity index is 1.76. The van der Waals surface area contributed by atoms with Gasteiger partial charge in [0.05, 0.1) is 6.54 Å². The number of carbonyl (C=O) groups is 1. The lowest BCUT2D eigenvalue weighted by Gasteiger charge is -2.35. The van der Waals surface area contributed by atoms with Gasteiger partial charge in [-0.2, -0.15) is 0 Å². The average molecular weight is 255 g/mol. The second-order valence-electron chi connectivity index (χ2n) is 5.39. The minimum atomic E-state index is 0.241. The Morgan fingerprint density at radius 3 is 2.78 bits per heavy atom. The third kappa shape index (κ3) is 3.93. The van der Waals surface area contributed by atoms with Gasteiger partial charge in [-0.25, -0.2) is 0 Å². The maximum absolute atomic E-state index is 12.2. The molecule has 2 rings (SSSR count). The van der Waals surface area contributed by atoms with Gasteiger partial charge in [0, 0.05) is 45.9 Å². The Hall–Kier alpha value is -0.650. The van der Waals surface area contributed by atoms with E-state index in [2.05, 4.69) is 10.2 Å². The van der Waals surface area contributed by atoms with Crippen LogP contribution in [0.1, 0.15) is 19.3 Å². The lowest BCUT2D eigenvalue weighted by Crippen LogP contribution is -2.50. The Morgan fingerprint density at radius 2 is 2.06 bits per heavy atom. The molecule has 2 saturated heterocycles. The van der Waals surface area contributed by atoms with E-state index in [4.69, 9.17) is 5.11 Å². The van der Waals surface area contributed by atoms with Crippen molar-refractivity contribution in [3.8, 4) is 0 Å². The number of carbonyl (C=O) groups excluding carboxylic acids is 1. The molecule has 0 bridgehead atoms. The van der Waals surface area contributed by atoms with Crippen molar-refractivity contribution in [1.82, 2.24) is 15.1 Å². The first-order chi connectivity index (χ1) is 8.79. The summed E-state index contributed by atoms with van der Waals surface area (Å²) in [7, 11) is 0. The second kappa shape index (κ2) is 7.07. The van der Waals surface area contributed by atoms with Gasteiger partial charge in [0.15, 0.2) is 0 Å². The molecule has 0 aliphatic carbocycles. The zero-order valence-corrected chi connectivity index (χ0v) is 11.1. The molecule has 0 spiro atoms. The van der Waals surface area contributed by atoms with Gasteiger partial charge in [-0.3, -0.25) is 9.69 Å². The number of amides is 1. The summed E-state index contributed by atoms with van der Waals surface area (Å²) in [6.07, 6.45) is 3.06. The average Bonchev–Trinajstić information content (AvgIpc) is 2.40. The minimum Gasteiger partial charge on any atom is -0.396 e. The molecule has 5 heteroatoms. The zero-order chi connectivity index (χ0) is 12.8. The van der Waals surface area contributed by atoms with E-state index in [1.54, 1.807) is 0 Å². The van der Waals surface area contributed by atoms with Crippen LogP contribution in [0.4, 0.5) is 0 Å². The molecule has 2 N–H and O–H groups in total. The van der Waals surface area contributed by atoms with Crippen LogP contribution in [0.5, 0.6) is 0 Å². The first kappa shape index (κ1) is 13.8. The molecule has 1 amide bonds. The molecule has 0 radical (unpaired) electrons. The van der Waals surface area contributed by atoms with E-state index in [1.807, 2.05) is 4.90 Å². The molecule has 2 heterocycles. The number of nitrogens with zero attached hydrogens (tertiary/aromatic N) is 2. The number of piperidine rings is 1. The van der Waals surface area contributed by atoms with Gasteiger partial charge >= 0.3 is 0 Å². The fourth-order valence-corrected chi connectivity index (χ4v) is 2.87. The molecule has 2 aliphatic heterocycles. The summed E-state index contributed by atoms with van der Waals surface area (Å²) in [5.74, 6) is 0.760. The van der Waals surface area contributed by atoms with Crippen LogP contribution in [-0.4, -0.2) is 73.2 Å². The number of rotatable bonds is 4. The number of aliphatic hydroxyl groups excluding tert-OH is 1. The molecular formula is C13H25N3O2. The fourth-order valence-electron chi connectivity index (χ4n) is 2.87. The maximum Gasteiger partial charge on any atom is 0.236 e. The summed E-state index contributed by atoms with van der Waals surface area (Å²) in [5, 5.41) is 12.3. The van der Waals surface area contributed by atoms with Crippen LogP contribution in [0.15, 0.2) is 0 Å². The molecule has 0 aromatic carbocycles. The summed E-state index contributed by atoms with van der Waals surface area (Å²) >= 11 is 0. The molecule has 1 atom stereocenters. The summed E-state index contributed by atoms with van der Waals surface area (Å²) in [5.41, 5.74) is 0. The first-order valence-electron chi connectivity index (χ1n) is 7.11. The molecule has 104 valence electrons. The Kier molecular flexibility index (Phi) is 5.41. The molecule has 18 heavy (non-hydrogen) atoms. The SMILES string of the molecule is O=C(CN1CCNCC1)N1CCCC(CCO)C1. The summed E-state index contributed by atoms with van der Waals surface area (Å²) in [6, 6.07) is 0. The van der Waals surface area contributed by atoms with Crippen molar-refractivity contribution in [3.63, 3.8) is 0 Å². The number of aliphatic hydroxyl groups is 1. The van der Waals surface area contributed by atoms with E-state index < -0.39 is 0 Å². The van der Waals surface area contributed by atoms with Crippen LogP contribution in [0.25, 0.3) is 0 Å². The van der Waals surface area contributed by atoms with E-state index in [0.29, 0.717) is 12.5 Å². The van der Waals surface area contributed by atoms with Gasteiger partial charge in [-0.05, 0) is 25.2 Å². The molecule has 2 fully saturated rings. The molecule has 0 aromatic rings. The lowest BCUT2D eigenvalue weighted by molar-refractivity contribution is -0.134. The maximum atomic E-state index is 12.2. The highest BCUT2D eigenvalue weighted by Crippen LogP contribution is 2.19. The smallest absolute Gasteiger partial charge is 0.236 e. The number of hydrogen-bond acceptors (Lipinski definition) is 4. The highest BCUT2D eigenvalue weighted by atomic mass is 16.3. The zero-order valence-electron chi connectivity index (χ0n) is 11.1. The summed E-state index contributed by atoms with van der Waals surface area (Å²) in [4.78, 5) is 16.4. The van der Waals surface area contributed by atoms with Crippen LogP contribution in [0, 0.1) is 5.92 Å². The van der Waals surface area contributed by atoms with Gasteiger partial charge in [0.1, 0.15) is 0 Å². The van der Waals surface area contributed by atoms with Gasteiger partial charge in [0.2, 0.25) is 5.91 Å². The number of hydrogen-bond donors (Lipinski definition) is 2. The standard InChI is InChI=1S/C13H25N3O2/c17-9-3-12-2-1-6-16(10-12)13(18)11-15-7-4-14-5-8-15/h12,14,17H,1-11H2. The predicted molar refractivity (Wildman–Crippen MR) is 70.3 cm³/mol. The van der Waals surface area contributed by atoms with E-state index in [9.17, 15) is 4.79 Å². The van der Waals surface area contributed by atoms with Gasteiger partial charge in [-0.15, -0.1) is 0 Å². The Bertz CT molecular complexity index is 265. The monoisotopic (exact) mass is 255 g/mol. The number of nitrogens with one attached hydrogen (secondary N) is 1. The molecule has 0 saturated carbocycles. The van der Waals surface area contributed by atoms with Crippen LogP contribution in [-0.2, 0) is 4.79 Å². The fraction of sp³-hybridized carbons (Fsp3) is 0.923. The normalized spacial score (nSPS) is 26.3. The van der Waals surface area contributed by atoms with Crippen molar-refractivity contribution in [2.45, 2.75) is 19.3 Å². The molecule has 2 aliphatic rings. The molecule has 5 nitrogen and oxygen atoms in total. The first-order valence-corrected chi connectivity index (χ1v) is 7.11. The highest BCUT2D eigenvalue weighted by Gasteiger charge is 2.24. The third-order valence-corrected chi connectivity index (χ3v) is 3.98. The van der Waals surface area contributed by atoms with Crippen LogP contribution in [0.3, 0.4) is 0 Å². The summed E-state index contributed by atoms with van der Waals surface area (Å²) in [6.45, 7) is 6.45. The van der Waals surface area contributed by atoms with Crippen molar-refractivity contribution in [1.29, 1.82) is 0 Å². The van der Waals surface area contributed by atoms with Gasteiger partial charge in [0.25, 0.3) is 0 Å². The van der Waals surface area contributed by atoms with Crippen molar-refractivity contribution in [2.75, 3.05) is 52.4 Å². The van der Waals surface area contributed by atoms with Crippen molar-refractivity contribution >= 4 is 5.91 Å². The Labute approximate surface area is 109 Å². The largest absolute Gasteiger partial charge is 0.396 e. The quantitative estimate of drug-likeness (QED) is 0.712. The van der Waals surface area contributed by atoms with Gasteiger partial charge in [-0.1, -0.05) is 0 Å². The number of piperazine rings is 1. The third-order valence-electron chi connectivity index (χ3n) is 3.98. The van der Waals surface area contributed by atoms with E-state index in [-0.39, 0.29) is 12.5 Å². The van der Waals surface area contributed by atoms with E-state index in [0.717, 1.165) is 58.5 Å². The van der Waals surface area contributed by atoms with Crippen LogP contribution < -0.4 is 5.32 Å². The highest BCUT2D eigenvalue weighted by molar-refractivity contribution is 5.78. The second-order valence-corrected chi connectivity index (χ2v) is 5.39. The van der Waals surface area contributed by atoms with Crippen molar-refractivity contribution < 1.29 is 9.90 Å². The van der Waals surface area contributed by atoms with Crippen LogP contribution >= 0.6 is 0 Å². The molecule has 1 unspecified atom stereocenters. The van der Waals surface area contributed by atoms with E-state index >= 15 is 0 Å². The number of likely N-dealkylation sites (tertiary alicyclic amines) is 1. The van der Waals surface area contributed by atoms with E-state index in [1.165, 1.54) is 0 Å². The van der Waals surface area contributed by atoms with Crippen molar-refractivity contribution in [2.24, 2.45) is 5.92 Å². The molecule has 0 aromatic heterocycles. The molecular weight excluding hydrogens is 230 g/mol. The predicted octanol–water partition coefficient (Wildman–Crippen LogP) is -0.487. The van der Waals surface area contributed by atoms with Gasteiger partial charge < -0.3 is 15.3 Å². The van der Waals surface area contributed by atoms with Crippen molar-refractivity contribution in [3.05, 3.63) is 0 Å². The minimum absolute atomic E-state index is 0.241. The summed E-state index contributed by atoms with van der Waals surface area (Å²) < 4.78 is 0. The van der Waals surface area contributed by atoms with Crippen LogP contribution in [0.2, 0.25) is 0 Å².